The molecule has 1 rings (SSSR count). The second-order valence-electron chi connectivity index (χ2n) is 2.31. The number of thioether (sulfide) groups is 2. The maximum atomic E-state index is 5.45. The van der Waals surface area contributed by atoms with Crippen molar-refractivity contribution in [3.05, 3.63) is 30.3 Å². The zero-order chi connectivity index (χ0) is 8.97. The largest absolute Gasteiger partial charge is 0.130 e. The highest BCUT2D eigenvalue weighted by Crippen LogP contribution is 2.24. The van der Waals surface area contributed by atoms with Crippen LogP contribution in [0.5, 0.6) is 0 Å². The average molecular weight is 195 g/mol. The first kappa shape index (κ1) is 9.75. The second-order valence-corrected chi connectivity index (χ2v) is 4.07. The molecule has 0 heterocycles. The van der Waals surface area contributed by atoms with E-state index in [-0.39, 0.29) is 0 Å². The fourth-order valence-electron chi connectivity index (χ4n) is 0.926. The van der Waals surface area contributed by atoms with Gasteiger partial charge in [0.25, 0.3) is 0 Å². The zero-order valence-electron chi connectivity index (χ0n) is 7.20. The van der Waals surface area contributed by atoms with Gasteiger partial charge in [-0.1, -0.05) is 12.7 Å². The molecule has 0 N–H and O–H groups in total. The highest BCUT2D eigenvalue weighted by molar-refractivity contribution is 7.99. The first-order valence-corrected chi connectivity index (χ1v) is 6.03. The maximum absolute atomic E-state index is 5.45. The first-order valence-electron chi connectivity index (χ1n) is 3.58. The van der Waals surface area contributed by atoms with E-state index in [0.29, 0.717) is 0 Å². The van der Waals surface area contributed by atoms with Crippen molar-refractivity contribution in [2.75, 3.05) is 12.5 Å². The van der Waals surface area contributed by atoms with Gasteiger partial charge in [-0.25, -0.2) is 0 Å². The molecule has 0 unspecified atom stereocenters. The molecule has 1 aromatic carbocycles. The molecular weight excluding hydrogens is 184 g/mol. The Morgan fingerprint density at radius 3 is 1.92 bits per heavy atom. The van der Waals surface area contributed by atoms with Gasteiger partial charge < -0.3 is 0 Å². The molecule has 1 radical (unpaired) electrons. The predicted octanol–water partition coefficient (Wildman–Crippen LogP) is 3.58. The minimum atomic E-state index is 1.09. The number of hydrogen-bond acceptors (Lipinski definition) is 2. The Morgan fingerprint density at radius 1 is 1.08 bits per heavy atom. The monoisotopic (exact) mass is 195 g/mol. The Kier molecular flexibility index (Phi) is 3.76. The van der Waals surface area contributed by atoms with Crippen LogP contribution in [0.15, 0.2) is 28.0 Å². The third-order valence-corrected chi connectivity index (χ3v) is 2.98. The minimum Gasteiger partial charge on any atom is -0.130 e. The van der Waals surface area contributed by atoms with Crippen LogP contribution in [0.25, 0.3) is 6.08 Å². The van der Waals surface area contributed by atoms with E-state index < -0.39 is 0 Å². The van der Waals surface area contributed by atoms with Crippen LogP contribution < -0.4 is 0 Å². The Morgan fingerprint density at radius 2 is 1.58 bits per heavy atom. The summed E-state index contributed by atoms with van der Waals surface area (Å²) in [5.74, 6) is 0. The number of benzene rings is 1. The molecular formula is C10H11S2. The fraction of sp³-hybridized carbons (Fsp3) is 0.200. The highest BCUT2D eigenvalue weighted by atomic mass is 32.2. The van der Waals surface area contributed by atoms with E-state index >= 15 is 0 Å². The van der Waals surface area contributed by atoms with E-state index in [1.807, 2.05) is 0 Å². The molecule has 0 saturated heterocycles. The number of hydrogen-bond donors (Lipinski definition) is 0. The van der Waals surface area contributed by atoms with Crippen LogP contribution in [-0.4, -0.2) is 12.5 Å². The van der Waals surface area contributed by atoms with Gasteiger partial charge in [0.2, 0.25) is 0 Å². The van der Waals surface area contributed by atoms with E-state index in [2.05, 4.69) is 30.7 Å². The molecule has 0 atom stereocenters. The van der Waals surface area contributed by atoms with E-state index in [0.717, 1.165) is 5.56 Å². The lowest BCUT2D eigenvalue weighted by Crippen LogP contribution is -1.77. The van der Waals surface area contributed by atoms with Gasteiger partial charge in [-0.15, -0.1) is 23.5 Å². The third-order valence-electron chi connectivity index (χ3n) is 1.57. The molecule has 0 aliphatic rings. The van der Waals surface area contributed by atoms with E-state index in [1.54, 1.807) is 29.6 Å². The summed E-state index contributed by atoms with van der Waals surface area (Å²) in [6.07, 6.45) is 5.78. The van der Waals surface area contributed by atoms with Gasteiger partial charge in [-0.05, 0) is 36.3 Å². The number of rotatable bonds is 3. The summed E-state index contributed by atoms with van der Waals surface area (Å²) in [6, 6.07) is 6.34. The van der Waals surface area contributed by atoms with Crippen molar-refractivity contribution in [2.45, 2.75) is 9.79 Å². The molecule has 0 spiro atoms. The quantitative estimate of drug-likeness (QED) is 0.676. The molecule has 0 nitrogen and oxygen atoms in total. The summed E-state index contributed by atoms with van der Waals surface area (Å²) in [5, 5.41) is 0. The summed E-state index contributed by atoms with van der Waals surface area (Å²) in [4.78, 5) is 2.53. The molecule has 0 saturated carbocycles. The van der Waals surface area contributed by atoms with Gasteiger partial charge >= 0.3 is 0 Å². The maximum Gasteiger partial charge on any atom is 0.00862 e. The lowest BCUT2D eigenvalue weighted by atomic mass is 10.2. The van der Waals surface area contributed by atoms with Crippen LogP contribution in [0.4, 0.5) is 0 Å². The van der Waals surface area contributed by atoms with Gasteiger partial charge in [0, 0.05) is 9.79 Å². The first-order chi connectivity index (χ1) is 5.80. The summed E-state index contributed by atoms with van der Waals surface area (Å²) >= 11 is 3.48. The normalized spacial score (nSPS) is 9.83. The highest BCUT2D eigenvalue weighted by Gasteiger charge is 1.96. The van der Waals surface area contributed by atoms with Gasteiger partial charge in [-0.2, -0.15) is 0 Å². The summed E-state index contributed by atoms with van der Waals surface area (Å²) in [5.41, 5.74) is 1.09. The Bertz CT molecular complexity index is 257. The van der Waals surface area contributed by atoms with Crippen molar-refractivity contribution in [3.8, 4) is 0 Å². The van der Waals surface area contributed by atoms with Gasteiger partial charge in [-0.3, -0.25) is 0 Å². The van der Waals surface area contributed by atoms with Crippen molar-refractivity contribution < 1.29 is 0 Å². The average Bonchev–Trinajstić information content (AvgIpc) is 2.16. The molecule has 0 fully saturated rings. The summed E-state index contributed by atoms with van der Waals surface area (Å²) in [7, 11) is 0. The van der Waals surface area contributed by atoms with E-state index in [4.69, 9.17) is 6.58 Å². The van der Waals surface area contributed by atoms with Crippen molar-refractivity contribution in [1.82, 2.24) is 0 Å². The fourth-order valence-corrected chi connectivity index (χ4v) is 2.00. The smallest absolute Gasteiger partial charge is 0.00862 e. The van der Waals surface area contributed by atoms with Crippen LogP contribution >= 0.6 is 23.5 Å². The van der Waals surface area contributed by atoms with Crippen molar-refractivity contribution >= 4 is 29.6 Å². The van der Waals surface area contributed by atoms with Crippen LogP contribution in [0.1, 0.15) is 5.56 Å². The van der Waals surface area contributed by atoms with Crippen LogP contribution in [0.2, 0.25) is 0 Å². The molecule has 63 valence electrons. The van der Waals surface area contributed by atoms with Gasteiger partial charge in [0.1, 0.15) is 0 Å². The molecule has 0 aliphatic heterocycles. The molecule has 0 amide bonds. The zero-order valence-corrected chi connectivity index (χ0v) is 8.84. The Balaban J connectivity index is 3.09. The molecule has 12 heavy (non-hydrogen) atoms. The van der Waals surface area contributed by atoms with Crippen LogP contribution in [0, 0.1) is 6.58 Å². The molecule has 0 aliphatic carbocycles. The van der Waals surface area contributed by atoms with Crippen molar-refractivity contribution in [1.29, 1.82) is 0 Å². The van der Waals surface area contributed by atoms with Crippen LogP contribution in [0.3, 0.4) is 0 Å². The summed E-state index contributed by atoms with van der Waals surface area (Å²) < 4.78 is 0. The minimum absolute atomic E-state index is 1.09. The Hall–Kier alpha value is -0.340. The summed E-state index contributed by atoms with van der Waals surface area (Å²) in [6.45, 7) is 5.45. The van der Waals surface area contributed by atoms with Crippen molar-refractivity contribution in [2.24, 2.45) is 0 Å². The lowest BCUT2D eigenvalue weighted by molar-refractivity contribution is 1.32. The Labute approximate surface area is 82.4 Å². The topological polar surface area (TPSA) is 0 Å². The van der Waals surface area contributed by atoms with Crippen molar-refractivity contribution in [3.63, 3.8) is 0 Å². The molecule has 2 heteroatoms. The predicted molar refractivity (Wildman–Crippen MR) is 58.8 cm³/mol. The lowest BCUT2D eigenvalue weighted by Gasteiger charge is -2.02. The third kappa shape index (κ3) is 2.32. The molecule has 1 aromatic rings. The molecule has 0 bridgehead atoms. The van der Waals surface area contributed by atoms with Crippen LogP contribution in [-0.2, 0) is 0 Å². The van der Waals surface area contributed by atoms with E-state index in [9.17, 15) is 0 Å². The SMILES string of the molecule is [CH]=Cc1cc(SC)cc(SC)c1. The molecule has 0 aromatic heterocycles. The van der Waals surface area contributed by atoms with Gasteiger partial charge in [0.15, 0.2) is 0 Å². The second kappa shape index (κ2) is 4.63. The van der Waals surface area contributed by atoms with E-state index in [1.165, 1.54) is 9.79 Å². The van der Waals surface area contributed by atoms with Gasteiger partial charge in [0.05, 0.1) is 0 Å². The standard InChI is InChI=1S/C10H11S2/c1-4-8-5-9(11-2)7-10(6-8)12-3/h1,4-7H,2-3H3.